The molecule has 0 unspecified atom stereocenters. The summed E-state index contributed by atoms with van der Waals surface area (Å²) in [6.07, 6.45) is 0. The van der Waals surface area contributed by atoms with Gasteiger partial charge in [-0.2, -0.15) is 72.3 Å². The van der Waals surface area contributed by atoms with Crippen LogP contribution in [0.2, 0.25) is 0 Å². The van der Waals surface area contributed by atoms with Crippen molar-refractivity contribution in [2.24, 2.45) is 0 Å². The van der Waals surface area contributed by atoms with Crippen LogP contribution in [-0.2, 0) is 11.5 Å². The first-order chi connectivity index (χ1) is 14.3. The van der Waals surface area contributed by atoms with Crippen molar-refractivity contribution in [2.45, 2.75) is 21.3 Å². The van der Waals surface area contributed by atoms with Crippen LogP contribution in [0.3, 0.4) is 0 Å². The summed E-state index contributed by atoms with van der Waals surface area (Å²) in [5.41, 5.74) is 2.83. The van der Waals surface area contributed by atoms with Gasteiger partial charge in [-0.15, -0.1) is 0 Å². The molecule has 0 aliphatic heterocycles. The van der Waals surface area contributed by atoms with Crippen LogP contribution >= 0.6 is 84.1 Å². The zero-order valence-electron chi connectivity index (χ0n) is 16.6. The summed E-state index contributed by atoms with van der Waals surface area (Å²) in [6, 6.07) is 18.1. The molecule has 0 spiro atoms. The van der Waals surface area contributed by atoms with Gasteiger partial charge in [0.05, 0.1) is 0 Å². The molecule has 0 aliphatic rings. The highest BCUT2D eigenvalue weighted by Gasteiger charge is 2.01. The Morgan fingerprint density at radius 2 is 0.862 bits per heavy atom. The van der Waals surface area contributed by atoms with E-state index in [9.17, 15) is 0 Å². The molecule has 0 nitrogen and oxygen atoms in total. The van der Waals surface area contributed by atoms with Gasteiger partial charge >= 0.3 is 0 Å². The van der Waals surface area contributed by atoms with Crippen molar-refractivity contribution in [1.82, 2.24) is 0 Å². The summed E-state index contributed by atoms with van der Waals surface area (Å²) in [6.45, 7) is 0. The number of hydrogen-bond donors (Lipinski definition) is 2. The van der Waals surface area contributed by atoms with Crippen molar-refractivity contribution in [1.29, 1.82) is 0 Å². The van der Waals surface area contributed by atoms with Crippen molar-refractivity contribution in [3.05, 3.63) is 59.7 Å². The van der Waals surface area contributed by atoms with E-state index in [4.69, 9.17) is 0 Å². The van der Waals surface area contributed by atoms with Gasteiger partial charge in [-0.05, 0) is 46.9 Å². The van der Waals surface area contributed by atoms with Crippen LogP contribution in [0.4, 0.5) is 0 Å². The lowest BCUT2D eigenvalue weighted by molar-refractivity contribution is 1.31. The number of hydrogen-bond acceptors (Lipinski definition) is 7. The molecule has 2 rings (SSSR count). The molecule has 7 heteroatoms. The second kappa shape index (κ2) is 17.4. The molecule has 0 aromatic heterocycles. The average Bonchev–Trinajstić information content (AvgIpc) is 2.75. The molecule has 0 bridgehead atoms. The third-order valence-corrected chi connectivity index (χ3v) is 10.5. The summed E-state index contributed by atoms with van der Waals surface area (Å²) in [5.74, 6) is 11.4. The van der Waals surface area contributed by atoms with Gasteiger partial charge in [-0.25, -0.2) is 0 Å². The lowest BCUT2D eigenvalue weighted by atomic mass is 10.2. The highest BCUT2D eigenvalue weighted by Crippen LogP contribution is 2.29. The minimum Gasteiger partial charge on any atom is -0.179 e. The van der Waals surface area contributed by atoms with Crippen molar-refractivity contribution in [3.63, 3.8) is 0 Å². The topological polar surface area (TPSA) is 0 Å². The lowest BCUT2D eigenvalue weighted by Crippen LogP contribution is -1.89. The first kappa shape index (κ1) is 26.1. The van der Waals surface area contributed by atoms with E-state index in [1.54, 1.807) is 0 Å². The van der Waals surface area contributed by atoms with Gasteiger partial charge in [-0.3, -0.25) is 0 Å². The van der Waals surface area contributed by atoms with E-state index in [0.29, 0.717) is 0 Å². The van der Waals surface area contributed by atoms with Gasteiger partial charge in [-0.1, -0.05) is 36.0 Å². The smallest absolute Gasteiger partial charge is 0.0184 e. The van der Waals surface area contributed by atoms with Crippen LogP contribution in [0.5, 0.6) is 0 Å². The fraction of sp³-hybridized carbons (Fsp3) is 0.455. The van der Waals surface area contributed by atoms with Gasteiger partial charge in [0.25, 0.3) is 0 Å². The van der Waals surface area contributed by atoms with Crippen molar-refractivity contribution < 1.29 is 0 Å². The van der Waals surface area contributed by atoms with E-state index in [-0.39, 0.29) is 0 Å². The van der Waals surface area contributed by atoms with E-state index >= 15 is 0 Å². The maximum atomic E-state index is 4.25. The zero-order valence-corrected chi connectivity index (χ0v) is 22.5. The molecule has 0 saturated heterocycles. The summed E-state index contributed by atoms with van der Waals surface area (Å²) < 4.78 is 0. The Labute approximate surface area is 209 Å². The van der Waals surface area contributed by atoms with Crippen molar-refractivity contribution in [2.75, 3.05) is 46.0 Å². The highest BCUT2D eigenvalue weighted by atomic mass is 32.2. The molecule has 160 valence electrons. The first-order valence-corrected chi connectivity index (χ1v) is 16.4. The van der Waals surface area contributed by atoms with E-state index in [2.05, 4.69) is 73.8 Å². The molecule has 2 aromatic rings. The predicted molar refractivity (Wildman–Crippen MR) is 152 cm³/mol. The van der Waals surface area contributed by atoms with Gasteiger partial charge in [0, 0.05) is 55.8 Å². The minimum atomic E-state index is 0.979. The maximum absolute atomic E-state index is 4.25. The highest BCUT2D eigenvalue weighted by molar-refractivity contribution is 8.03. The number of benzene rings is 2. The first-order valence-electron chi connectivity index (χ1n) is 9.70. The molecule has 2 aromatic carbocycles. The summed E-state index contributed by atoms with van der Waals surface area (Å²) in [7, 11) is 0. The van der Waals surface area contributed by atoms with E-state index in [1.807, 2.05) is 58.8 Å². The maximum Gasteiger partial charge on any atom is 0.0184 e. The molecule has 0 N–H and O–H groups in total. The van der Waals surface area contributed by atoms with E-state index < -0.39 is 0 Å². The SMILES string of the molecule is SCCSCCSCc1ccc(Sc2ccc(CSCCSCCS)cc2)cc1. The fourth-order valence-corrected chi connectivity index (χ4v) is 7.68. The minimum absolute atomic E-state index is 0.979. The Morgan fingerprint density at radius 3 is 1.24 bits per heavy atom. The molecule has 0 saturated carbocycles. The van der Waals surface area contributed by atoms with Crippen molar-refractivity contribution >= 4 is 84.1 Å². The second-order valence-electron chi connectivity index (χ2n) is 6.17. The van der Waals surface area contributed by atoms with Crippen LogP contribution in [0.1, 0.15) is 11.1 Å². The normalized spacial score (nSPS) is 11.1. The van der Waals surface area contributed by atoms with Crippen LogP contribution in [0, 0.1) is 0 Å². The molecular formula is C22H30S7. The van der Waals surface area contributed by atoms with Crippen molar-refractivity contribution in [3.8, 4) is 0 Å². The number of thioether (sulfide) groups is 4. The van der Waals surface area contributed by atoms with E-state index in [1.165, 1.54) is 43.9 Å². The monoisotopic (exact) mass is 518 g/mol. The Kier molecular flexibility index (Phi) is 15.7. The summed E-state index contributed by atoms with van der Waals surface area (Å²) >= 11 is 18.4. The third kappa shape index (κ3) is 12.5. The lowest BCUT2D eigenvalue weighted by Gasteiger charge is -2.06. The zero-order chi connectivity index (χ0) is 20.6. The molecule has 0 radical (unpaired) electrons. The number of thiol groups is 2. The van der Waals surface area contributed by atoms with Gasteiger partial charge in [0.15, 0.2) is 0 Å². The molecule has 0 fully saturated rings. The average molecular weight is 519 g/mol. The van der Waals surface area contributed by atoms with Crippen LogP contribution in [0.15, 0.2) is 58.3 Å². The predicted octanol–water partition coefficient (Wildman–Crippen LogP) is 7.63. The van der Waals surface area contributed by atoms with Crippen LogP contribution < -0.4 is 0 Å². The Bertz CT molecular complexity index is 586. The molecule has 0 heterocycles. The Hall–Kier alpha value is 0.890. The quantitative estimate of drug-likeness (QED) is 0.173. The Balaban J connectivity index is 1.66. The second-order valence-corrected chi connectivity index (χ2v) is 12.9. The van der Waals surface area contributed by atoms with Gasteiger partial charge in [0.2, 0.25) is 0 Å². The van der Waals surface area contributed by atoms with Gasteiger partial charge < -0.3 is 0 Å². The molecular weight excluding hydrogens is 489 g/mol. The van der Waals surface area contributed by atoms with E-state index in [0.717, 1.165) is 34.5 Å². The largest absolute Gasteiger partial charge is 0.179 e. The molecule has 0 atom stereocenters. The summed E-state index contributed by atoms with van der Waals surface area (Å²) in [4.78, 5) is 2.62. The molecule has 0 amide bonds. The molecule has 29 heavy (non-hydrogen) atoms. The van der Waals surface area contributed by atoms with Crippen LogP contribution in [0.25, 0.3) is 0 Å². The number of rotatable bonds is 16. The van der Waals surface area contributed by atoms with Crippen LogP contribution in [-0.4, -0.2) is 46.0 Å². The molecule has 0 aliphatic carbocycles. The Morgan fingerprint density at radius 1 is 0.483 bits per heavy atom. The van der Waals surface area contributed by atoms with Gasteiger partial charge in [0.1, 0.15) is 0 Å². The fourth-order valence-electron chi connectivity index (χ4n) is 2.39. The summed E-state index contributed by atoms with van der Waals surface area (Å²) in [5, 5.41) is 0. The standard InChI is InChI=1S/C22H30S7/c23-9-11-25-13-15-27-17-19-1-5-21(6-2-19)29-22-7-3-20(4-8-22)18-28-16-14-26-12-10-24/h1-8,23-24H,9-18H2. The third-order valence-electron chi connectivity index (χ3n) is 3.84.